The van der Waals surface area contributed by atoms with Crippen molar-refractivity contribution in [2.45, 2.75) is 19.8 Å². The van der Waals surface area contributed by atoms with Crippen LogP contribution in [0, 0.1) is 5.92 Å². The van der Waals surface area contributed by atoms with Crippen molar-refractivity contribution in [2.75, 3.05) is 26.4 Å². The Morgan fingerprint density at radius 1 is 1.40 bits per heavy atom. The molecule has 0 aromatic rings. The Morgan fingerprint density at radius 2 is 2.13 bits per heavy atom. The van der Waals surface area contributed by atoms with Gasteiger partial charge in [-0.05, 0) is 25.7 Å². The van der Waals surface area contributed by atoms with Crippen molar-refractivity contribution in [1.29, 1.82) is 0 Å². The van der Waals surface area contributed by atoms with Crippen molar-refractivity contribution in [3.63, 3.8) is 0 Å². The summed E-state index contributed by atoms with van der Waals surface area (Å²) in [5.74, 6) is -0.822. The van der Waals surface area contributed by atoms with E-state index in [2.05, 4.69) is 10.1 Å². The van der Waals surface area contributed by atoms with Gasteiger partial charge in [0.25, 0.3) is 0 Å². The Bertz CT molecular complexity index is 225. The molecule has 15 heavy (non-hydrogen) atoms. The Labute approximate surface area is 89.1 Å². The van der Waals surface area contributed by atoms with Gasteiger partial charge in [0, 0.05) is 13.2 Å². The van der Waals surface area contributed by atoms with E-state index < -0.39 is 11.9 Å². The first-order valence-corrected chi connectivity index (χ1v) is 5.26. The van der Waals surface area contributed by atoms with Gasteiger partial charge in [-0.2, -0.15) is 0 Å². The third kappa shape index (κ3) is 5.37. The van der Waals surface area contributed by atoms with Crippen LogP contribution in [0.25, 0.3) is 0 Å². The topological polar surface area (TPSA) is 64.6 Å². The lowest BCUT2D eigenvalue weighted by Crippen LogP contribution is -2.34. The second-order valence-corrected chi connectivity index (χ2v) is 3.49. The molecule has 1 amide bonds. The molecule has 0 aromatic heterocycles. The van der Waals surface area contributed by atoms with E-state index in [1.54, 1.807) is 6.92 Å². The Morgan fingerprint density at radius 3 is 2.73 bits per heavy atom. The van der Waals surface area contributed by atoms with Crippen molar-refractivity contribution in [2.24, 2.45) is 5.92 Å². The molecule has 1 aliphatic rings. The normalized spacial score (nSPS) is 14.7. The molecular formula is C10H17NO4. The number of rotatable bonds is 6. The molecule has 5 heteroatoms. The van der Waals surface area contributed by atoms with Gasteiger partial charge in [0.05, 0.1) is 13.2 Å². The number of esters is 1. The Balaban J connectivity index is 1.93. The second-order valence-electron chi connectivity index (χ2n) is 3.49. The summed E-state index contributed by atoms with van der Waals surface area (Å²) in [6.45, 7) is 3.43. The highest BCUT2D eigenvalue weighted by Gasteiger charge is 2.21. The SMILES string of the molecule is CCOC(=O)C(=O)NCCOCC1CC1. The van der Waals surface area contributed by atoms with E-state index in [0.29, 0.717) is 19.1 Å². The van der Waals surface area contributed by atoms with Gasteiger partial charge in [-0.15, -0.1) is 0 Å². The maximum Gasteiger partial charge on any atom is 0.396 e. The average molecular weight is 215 g/mol. The average Bonchev–Trinajstić information content (AvgIpc) is 3.01. The van der Waals surface area contributed by atoms with E-state index in [1.807, 2.05) is 0 Å². The van der Waals surface area contributed by atoms with Crippen LogP contribution in [-0.2, 0) is 19.1 Å². The summed E-state index contributed by atoms with van der Waals surface area (Å²) in [4.78, 5) is 21.9. The summed E-state index contributed by atoms with van der Waals surface area (Å²) < 4.78 is 9.80. The van der Waals surface area contributed by atoms with Gasteiger partial charge in [-0.3, -0.25) is 4.79 Å². The fraction of sp³-hybridized carbons (Fsp3) is 0.800. The van der Waals surface area contributed by atoms with Crippen molar-refractivity contribution in [3.8, 4) is 0 Å². The van der Waals surface area contributed by atoms with Crippen molar-refractivity contribution in [3.05, 3.63) is 0 Å². The molecule has 0 atom stereocenters. The summed E-state index contributed by atoms with van der Waals surface area (Å²) in [6, 6.07) is 0. The smallest absolute Gasteiger partial charge is 0.396 e. The Kier molecular flexibility index (Phi) is 5.10. The summed E-state index contributed by atoms with van der Waals surface area (Å²) in [5.41, 5.74) is 0. The first kappa shape index (κ1) is 12.0. The largest absolute Gasteiger partial charge is 0.459 e. The van der Waals surface area contributed by atoms with Gasteiger partial charge in [-0.1, -0.05) is 0 Å². The van der Waals surface area contributed by atoms with Gasteiger partial charge in [0.2, 0.25) is 0 Å². The molecule has 0 bridgehead atoms. The quantitative estimate of drug-likeness (QED) is 0.387. The van der Waals surface area contributed by atoms with Crippen LogP contribution in [0.3, 0.4) is 0 Å². The molecule has 1 N–H and O–H groups in total. The van der Waals surface area contributed by atoms with Gasteiger partial charge in [-0.25, -0.2) is 4.79 Å². The van der Waals surface area contributed by atoms with Crippen molar-refractivity contribution < 1.29 is 19.1 Å². The maximum absolute atomic E-state index is 11.0. The minimum atomic E-state index is -0.834. The first-order chi connectivity index (χ1) is 7.24. The minimum Gasteiger partial charge on any atom is -0.459 e. The van der Waals surface area contributed by atoms with E-state index in [9.17, 15) is 9.59 Å². The number of nitrogens with one attached hydrogen (secondary N) is 1. The molecule has 0 heterocycles. The standard InChI is InChI=1S/C10H17NO4/c1-2-15-10(13)9(12)11-5-6-14-7-8-3-4-8/h8H,2-7H2,1H3,(H,11,12). The van der Waals surface area contributed by atoms with Gasteiger partial charge >= 0.3 is 11.9 Å². The summed E-state index contributed by atoms with van der Waals surface area (Å²) in [5, 5.41) is 2.42. The number of ether oxygens (including phenoxy) is 2. The van der Waals surface area contributed by atoms with Crippen LogP contribution in [0.5, 0.6) is 0 Å². The lowest BCUT2D eigenvalue weighted by molar-refractivity contribution is -0.154. The zero-order valence-corrected chi connectivity index (χ0v) is 8.95. The van der Waals surface area contributed by atoms with Gasteiger partial charge in [0.1, 0.15) is 0 Å². The zero-order valence-electron chi connectivity index (χ0n) is 8.95. The van der Waals surface area contributed by atoms with E-state index in [0.717, 1.165) is 6.61 Å². The monoisotopic (exact) mass is 215 g/mol. The van der Waals surface area contributed by atoms with Crippen LogP contribution >= 0.6 is 0 Å². The van der Waals surface area contributed by atoms with Crippen molar-refractivity contribution in [1.82, 2.24) is 5.32 Å². The molecule has 1 fully saturated rings. The molecule has 0 aromatic carbocycles. The number of hydrogen-bond donors (Lipinski definition) is 1. The summed E-state index contributed by atoms with van der Waals surface area (Å²) >= 11 is 0. The highest BCUT2D eigenvalue weighted by atomic mass is 16.5. The molecular weight excluding hydrogens is 198 g/mol. The number of amides is 1. The number of carbonyl (C=O) groups is 2. The molecule has 1 rings (SSSR count). The predicted octanol–water partition coefficient (Wildman–Crippen LogP) is 0.0923. The first-order valence-electron chi connectivity index (χ1n) is 5.26. The van der Waals surface area contributed by atoms with Crippen LogP contribution in [0.4, 0.5) is 0 Å². The fourth-order valence-electron chi connectivity index (χ4n) is 1.04. The minimum absolute atomic E-state index is 0.213. The number of carbonyl (C=O) groups excluding carboxylic acids is 2. The van der Waals surface area contributed by atoms with Crippen LogP contribution in [0.15, 0.2) is 0 Å². The Hall–Kier alpha value is -1.10. The van der Waals surface area contributed by atoms with Crippen LogP contribution in [0.2, 0.25) is 0 Å². The maximum atomic E-state index is 11.0. The third-order valence-corrected chi connectivity index (χ3v) is 2.04. The van der Waals surface area contributed by atoms with Gasteiger partial charge in [0.15, 0.2) is 0 Å². The molecule has 86 valence electrons. The molecule has 0 unspecified atom stereocenters. The lowest BCUT2D eigenvalue weighted by atomic mass is 10.5. The second kappa shape index (κ2) is 6.40. The van der Waals surface area contributed by atoms with E-state index in [-0.39, 0.29) is 6.61 Å². The number of hydrogen-bond acceptors (Lipinski definition) is 4. The zero-order chi connectivity index (χ0) is 11.1. The molecule has 1 saturated carbocycles. The molecule has 0 radical (unpaired) electrons. The van der Waals surface area contributed by atoms with E-state index in [4.69, 9.17) is 4.74 Å². The van der Waals surface area contributed by atoms with Crippen LogP contribution < -0.4 is 5.32 Å². The van der Waals surface area contributed by atoms with Crippen molar-refractivity contribution >= 4 is 11.9 Å². The summed E-state index contributed by atoms with van der Waals surface area (Å²) in [7, 11) is 0. The highest BCUT2D eigenvalue weighted by Crippen LogP contribution is 2.28. The predicted molar refractivity (Wildman–Crippen MR) is 53.2 cm³/mol. The fourth-order valence-corrected chi connectivity index (χ4v) is 1.04. The van der Waals surface area contributed by atoms with Crippen LogP contribution in [-0.4, -0.2) is 38.2 Å². The molecule has 0 aliphatic heterocycles. The molecule has 0 spiro atoms. The van der Waals surface area contributed by atoms with E-state index in [1.165, 1.54) is 12.8 Å². The lowest BCUT2D eigenvalue weighted by Gasteiger charge is -2.05. The molecule has 5 nitrogen and oxygen atoms in total. The van der Waals surface area contributed by atoms with Gasteiger partial charge < -0.3 is 14.8 Å². The highest BCUT2D eigenvalue weighted by molar-refractivity contribution is 6.32. The van der Waals surface area contributed by atoms with Crippen LogP contribution in [0.1, 0.15) is 19.8 Å². The van der Waals surface area contributed by atoms with E-state index >= 15 is 0 Å². The summed E-state index contributed by atoms with van der Waals surface area (Å²) in [6.07, 6.45) is 2.49. The third-order valence-electron chi connectivity index (χ3n) is 2.04. The molecule has 1 aliphatic carbocycles. The molecule has 0 saturated heterocycles.